The van der Waals surface area contributed by atoms with E-state index in [2.05, 4.69) is 26.1 Å². The average molecular weight is 214 g/mol. The SMILES string of the molecule is CC(C)[C@@]1(C)NCCN2C(=O)CS[C@H]21. The minimum atomic E-state index is 0.0784. The van der Waals surface area contributed by atoms with Crippen molar-refractivity contribution in [3.05, 3.63) is 0 Å². The highest BCUT2D eigenvalue weighted by Crippen LogP contribution is 2.38. The van der Waals surface area contributed by atoms with E-state index in [1.54, 1.807) is 11.8 Å². The Morgan fingerprint density at radius 1 is 1.64 bits per heavy atom. The Kier molecular flexibility index (Phi) is 2.52. The molecule has 1 N–H and O–H groups in total. The largest absolute Gasteiger partial charge is 0.327 e. The number of rotatable bonds is 1. The molecule has 0 aliphatic carbocycles. The van der Waals surface area contributed by atoms with Gasteiger partial charge < -0.3 is 10.2 Å². The predicted octanol–water partition coefficient (Wildman–Crippen LogP) is 0.906. The summed E-state index contributed by atoms with van der Waals surface area (Å²) >= 11 is 1.78. The molecule has 2 saturated heterocycles. The van der Waals surface area contributed by atoms with Crippen molar-refractivity contribution in [1.82, 2.24) is 10.2 Å². The molecule has 0 bridgehead atoms. The van der Waals surface area contributed by atoms with Crippen LogP contribution in [0.5, 0.6) is 0 Å². The number of carbonyl (C=O) groups excluding carboxylic acids is 1. The molecule has 2 rings (SSSR count). The maximum atomic E-state index is 11.6. The number of hydrogen-bond acceptors (Lipinski definition) is 3. The first kappa shape index (κ1) is 10.3. The van der Waals surface area contributed by atoms with Gasteiger partial charge in [0, 0.05) is 18.6 Å². The van der Waals surface area contributed by atoms with Gasteiger partial charge in [-0.25, -0.2) is 0 Å². The summed E-state index contributed by atoms with van der Waals surface area (Å²) in [5.41, 5.74) is 0.0784. The minimum absolute atomic E-state index is 0.0784. The molecule has 0 unspecified atom stereocenters. The van der Waals surface area contributed by atoms with Gasteiger partial charge in [-0.05, 0) is 12.8 Å². The number of hydrogen-bond donors (Lipinski definition) is 1. The summed E-state index contributed by atoms with van der Waals surface area (Å²) in [5.74, 6) is 1.52. The average Bonchev–Trinajstić information content (AvgIpc) is 2.50. The number of nitrogens with zero attached hydrogens (tertiary/aromatic N) is 1. The van der Waals surface area contributed by atoms with Crippen LogP contribution in [-0.2, 0) is 4.79 Å². The molecule has 0 aromatic heterocycles. The van der Waals surface area contributed by atoms with E-state index in [0.717, 1.165) is 13.1 Å². The van der Waals surface area contributed by atoms with Crippen LogP contribution in [0.25, 0.3) is 0 Å². The normalized spacial score (nSPS) is 37.9. The lowest BCUT2D eigenvalue weighted by Gasteiger charge is -2.47. The van der Waals surface area contributed by atoms with E-state index in [9.17, 15) is 4.79 Å². The van der Waals surface area contributed by atoms with Gasteiger partial charge in [0.05, 0.1) is 11.1 Å². The molecule has 2 heterocycles. The van der Waals surface area contributed by atoms with Crippen LogP contribution in [0.4, 0.5) is 0 Å². The molecule has 4 heteroatoms. The maximum absolute atomic E-state index is 11.6. The van der Waals surface area contributed by atoms with Crippen LogP contribution >= 0.6 is 11.8 Å². The number of nitrogens with one attached hydrogen (secondary N) is 1. The molecule has 0 spiro atoms. The fourth-order valence-corrected chi connectivity index (χ4v) is 3.79. The summed E-state index contributed by atoms with van der Waals surface area (Å²) in [6.45, 7) is 8.48. The van der Waals surface area contributed by atoms with Crippen molar-refractivity contribution in [2.75, 3.05) is 18.8 Å². The zero-order valence-corrected chi connectivity index (χ0v) is 9.86. The molecule has 1 amide bonds. The Morgan fingerprint density at radius 2 is 2.36 bits per heavy atom. The first-order valence-electron chi connectivity index (χ1n) is 5.22. The van der Waals surface area contributed by atoms with Gasteiger partial charge in [0.15, 0.2) is 0 Å². The number of fused-ring (bicyclic) bond motifs is 1. The summed E-state index contributed by atoms with van der Waals surface area (Å²) in [4.78, 5) is 13.6. The molecule has 2 fully saturated rings. The molecule has 80 valence electrons. The van der Waals surface area contributed by atoms with Crippen LogP contribution in [0.1, 0.15) is 20.8 Å². The third-order valence-corrected chi connectivity index (χ3v) is 5.01. The van der Waals surface area contributed by atoms with Crippen molar-refractivity contribution in [3.8, 4) is 0 Å². The second kappa shape index (κ2) is 3.42. The molecule has 2 aliphatic heterocycles. The van der Waals surface area contributed by atoms with Crippen molar-refractivity contribution in [3.63, 3.8) is 0 Å². The summed E-state index contributed by atoms with van der Waals surface area (Å²) in [6, 6.07) is 0. The van der Waals surface area contributed by atoms with Gasteiger partial charge in [-0.3, -0.25) is 4.79 Å². The number of amides is 1. The monoisotopic (exact) mass is 214 g/mol. The lowest BCUT2D eigenvalue weighted by Crippen LogP contribution is -2.65. The number of piperazine rings is 1. The Hall–Kier alpha value is -0.220. The number of carbonyl (C=O) groups is 1. The summed E-state index contributed by atoms with van der Waals surface area (Å²) in [7, 11) is 0. The third-order valence-electron chi connectivity index (χ3n) is 3.54. The Labute approximate surface area is 89.6 Å². The van der Waals surface area contributed by atoms with E-state index in [-0.39, 0.29) is 5.54 Å². The Morgan fingerprint density at radius 3 is 3.00 bits per heavy atom. The van der Waals surface area contributed by atoms with Crippen LogP contribution < -0.4 is 5.32 Å². The van der Waals surface area contributed by atoms with Gasteiger partial charge >= 0.3 is 0 Å². The van der Waals surface area contributed by atoms with E-state index in [1.165, 1.54) is 0 Å². The minimum Gasteiger partial charge on any atom is -0.327 e. The van der Waals surface area contributed by atoms with Crippen LogP contribution in [0.15, 0.2) is 0 Å². The van der Waals surface area contributed by atoms with Gasteiger partial charge in [-0.15, -0.1) is 11.8 Å². The van der Waals surface area contributed by atoms with Gasteiger partial charge in [0.25, 0.3) is 0 Å². The first-order chi connectivity index (χ1) is 6.55. The lowest BCUT2D eigenvalue weighted by atomic mass is 9.86. The highest BCUT2D eigenvalue weighted by molar-refractivity contribution is 8.01. The van der Waals surface area contributed by atoms with Gasteiger partial charge in [-0.1, -0.05) is 13.8 Å². The molecule has 0 aromatic carbocycles. The summed E-state index contributed by atoms with van der Waals surface area (Å²) in [5, 5.41) is 3.91. The summed E-state index contributed by atoms with van der Waals surface area (Å²) < 4.78 is 0. The molecule has 3 nitrogen and oxygen atoms in total. The molecular formula is C10H18N2OS. The zero-order valence-electron chi connectivity index (χ0n) is 9.04. The van der Waals surface area contributed by atoms with Crippen LogP contribution in [0.3, 0.4) is 0 Å². The summed E-state index contributed by atoms with van der Waals surface area (Å²) in [6.07, 6.45) is 0. The second-order valence-corrected chi connectivity index (χ2v) is 5.68. The highest BCUT2D eigenvalue weighted by atomic mass is 32.2. The standard InChI is InChI=1S/C10H18N2OS/c1-7(2)10(3)9-12(5-4-11-10)8(13)6-14-9/h7,9,11H,4-6H2,1-3H3/t9-,10+/m0/s1. The Bertz CT molecular complexity index is 257. The molecule has 2 aliphatic rings. The van der Waals surface area contributed by atoms with Crippen molar-refractivity contribution in [1.29, 1.82) is 0 Å². The van der Waals surface area contributed by atoms with Gasteiger partial charge in [0.1, 0.15) is 0 Å². The fraction of sp³-hybridized carbons (Fsp3) is 0.900. The maximum Gasteiger partial charge on any atom is 0.233 e. The van der Waals surface area contributed by atoms with Crippen molar-refractivity contribution in [2.24, 2.45) is 5.92 Å². The predicted molar refractivity (Wildman–Crippen MR) is 59.2 cm³/mol. The first-order valence-corrected chi connectivity index (χ1v) is 6.26. The Balaban J connectivity index is 2.24. The van der Waals surface area contributed by atoms with Crippen LogP contribution in [0.2, 0.25) is 0 Å². The second-order valence-electron chi connectivity index (χ2n) is 4.61. The van der Waals surface area contributed by atoms with E-state index >= 15 is 0 Å². The molecule has 2 atom stereocenters. The molecule has 0 saturated carbocycles. The van der Waals surface area contributed by atoms with Crippen LogP contribution in [0, 0.1) is 5.92 Å². The lowest BCUT2D eigenvalue weighted by molar-refractivity contribution is -0.130. The van der Waals surface area contributed by atoms with Crippen molar-refractivity contribution in [2.45, 2.75) is 31.7 Å². The van der Waals surface area contributed by atoms with Gasteiger partial charge in [0.2, 0.25) is 5.91 Å². The zero-order chi connectivity index (χ0) is 10.3. The van der Waals surface area contributed by atoms with E-state index in [0.29, 0.717) is 23.0 Å². The fourth-order valence-electron chi connectivity index (χ4n) is 2.21. The number of thioether (sulfide) groups is 1. The van der Waals surface area contributed by atoms with Gasteiger partial charge in [-0.2, -0.15) is 0 Å². The third kappa shape index (κ3) is 1.36. The quantitative estimate of drug-likeness (QED) is 0.704. The molecular weight excluding hydrogens is 196 g/mol. The van der Waals surface area contributed by atoms with Crippen LogP contribution in [-0.4, -0.2) is 40.6 Å². The smallest absolute Gasteiger partial charge is 0.233 e. The molecule has 0 radical (unpaired) electrons. The molecule has 14 heavy (non-hydrogen) atoms. The van der Waals surface area contributed by atoms with E-state index < -0.39 is 0 Å². The topological polar surface area (TPSA) is 32.3 Å². The van der Waals surface area contributed by atoms with Crippen molar-refractivity contribution >= 4 is 17.7 Å². The van der Waals surface area contributed by atoms with E-state index in [1.807, 2.05) is 4.90 Å². The molecule has 0 aromatic rings. The highest BCUT2D eigenvalue weighted by Gasteiger charge is 2.48. The van der Waals surface area contributed by atoms with Crippen molar-refractivity contribution < 1.29 is 4.79 Å². The van der Waals surface area contributed by atoms with E-state index in [4.69, 9.17) is 0 Å².